The van der Waals surface area contributed by atoms with Crippen molar-refractivity contribution >= 4 is 5.57 Å². The van der Waals surface area contributed by atoms with Crippen molar-refractivity contribution in [3.05, 3.63) is 89.5 Å². The number of alkyl halides is 3. The van der Waals surface area contributed by atoms with Crippen LogP contribution in [-0.2, 0) is 6.61 Å². The molecule has 0 fully saturated rings. The van der Waals surface area contributed by atoms with E-state index in [-0.39, 0.29) is 22.6 Å². The highest BCUT2D eigenvalue weighted by Crippen LogP contribution is 2.30. The van der Waals surface area contributed by atoms with Gasteiger partial charge in [-0.2, -0.15) is 13.2 Å². The van der Waals surface area contributed by atoms with Gasteiger partial charge in [-0.1, -0.05) is 38.5 Å². The smallest absolute Gasteiger partial charge is 0.424 e. The molecular formula is C24H21F5O2. The zero-order valence-corrected chi connectivity index (χ0v) is 16.9. The molecule has 0 radical (unpaired) electrons. The summed E-state index contributed by atoms with van der Waals surface area (Å²) in [5.41, 5.74) is -2.01. The van der Waals surface area contributed by atoms with Crippen LogP contribution in [0.5, 0.6) is 11.5 Å². The summed E-state index contributed by atoms with van der Waals surface area (Å²) in [6.07, 6.45) is 3.05. The van der Waals surface area contributed by atoms with Gasteiger partial charge in [0.2, 0.25) is 0 Å². The van der Waals surface area contributed by atoms with Crippen LogP contribution in [0.2, 0.25) is 0 Å². The van der Waals surface area contributed by atoms with Crippen LogP contribution in [0.4, 0.5) is 22.0 Å². The maximum atomic E-state index is 14.4. The monoisotopic (exact) mass is 436 g/mol. The van der Waals surface area contributed by atoms with E-state index in [4.69, 9.17) is 11.2 Å². The number of hydrogen-bond donors (Lipinski definition) is 1. The fourth-order valence-electron chi connectivity index (χ4n) is 2.32. The van der Waals surface area contributed by atoms with E-state index in [1.807, 2.05) is 13.8 Å². The Hall–Kier alpha value is -3.53. The Kier molecular flexibility index (Phi) is 9.55. The maximum absolute atomic E-state index is 14.4. The predicted octanol–water partition coefficient (Wildman–Crippen LogP) is 6.97. The number of rotatable bonds is 6. The second-order valence-electron chi connectivity index (χ2n) is 5.76. The van der Waals surface area contributed by atoms with Crippen molar-refractivity contribution < 1.29 is 31.8 Å². The molecule has 0 aliphatic rings. The molecule has 2 nitrogen and oxygen atoms in total. The van der Waals surface area contributed by atoms with Gasteiger partial charge in [0, 0.05) is 0 Å². The van der Waals surface area contributed by atoms with Gasteiger partial charge in [0.1, 0.15) is 35.3 Å². The minimum atomic E-state index is -4.79. The van der Waals surface area contributed by atoms with Gasteiger partial charge in [-0.05, 0) is 53.6 Å². The van der Waals surface area contributed by atoms with Crippen molar-refractivity contribution in [2.24, 2.45) is 0 Å². The molecule has 31 heavy (non-hydrogen) atoms. The van der Waals surface area contributed by atoms with Gasteiger partial charge in [0.05, 0.1) is 5.56 Å². The number of ether oxygens (including phenoxy) is 1. The summed E-state index contributed by atoms with van der Waals surface area (Å²) < 4.78 is 72.9. The Morgan fingerprint density at radius 2 is 1.68 bits per heavy atom. The van der Waals surface area contributed by atoms with Gasteiger partial charge in [0.25, 0.3) is 0 Å². The zero-order chi connectivity index (χ0) is 23.6. The quantitative estimate of drug-likeness (QED) is 0.301. The molecule has 0 heterocycles. The lowest BCUT2D eigenvalue weighted by Gasteiger charge is -2.12. The summed E-state index contributed by atoms with van der Waals surface area (Å²) in [5.74, 6) is -0.220. The summed E-state index contributed by atoms with van der Waals surface area (Å²) >= 11 is 0. The Balaban J connectivity index is 0.00000233. The van der Waals surface area contributed by atoms with Gasteiger partial charge >= 0.3 is 6.18 Å². The minimum Gasteiger partial charge on any atom is -0.508 e. The fourth-order valence-corrected chi connectivity index (χ4v) is 2.32. The third-order valence-corrected chi connectivity index (χ3v) is 3.75. The molecule has 0 saturated carbocycles. The molecule has 164 valence electrons. The average Bonchev–Trinajstić information content (AvgIpc) is 2.72. The summed E-state index contributed by atoms with van der Waals surface area (Å²) in [4.78, 5) is 0. The van der Waals surface area contributed by atoms with E-state index >= 15 is 0 Å². The number of aromatic hydroxyl groups is 1. The third-order valence-electron chi connectivity index (χ3n) is 3.75. The minimum absolute atomic E-state index is 0.00107. The van der Waals surface area contributed by atoms with Crippen LogP contribution in [0.15, 0.2) is 66.8 Å². The first-order valence-corrected chi connectivity index (χ1v) is 9.14. The molecule has 0 aliphatic heterocycles. The largest absolute Gasteiger partial charge is 0.508 e. The summed E-state index contributed by atoms with van der Waals surface area (Å²) in [7, 11) is 0. The van der Waals surface area contributed by atoms with Gasteiger partial charge < -0.3 is 9.84 Å². The molecule has 7 heteroatoms. The molecule has 0 amide bonds. The number of phenols is 1. The molecule has 0 bridgehead atoms. The van der Waals surface area contributed by atoms with E-state index < -0.39 is 35.6 Å². The first-order valence-electron chi connectivity index (χ1n) is 9.14. The lowest BCUT2D eigenvalue weighted by molar-refractivity contribution is -0.0871. The molecule has 2 aromatic rings. The van der Waals surface area contributed by atoms with Crippen molar-refractivity contribution in [3.8, 4) is 23.8 Å². The van der Waals surface area contributed by atoms with Crippen LogP contribution >= 0.6 is 0 Å². The van der Waals surface area contributed by atoms with Crippen molar-refractivity contribution in [2.45, 2.75) is 26.6 Å². The fraction of sp³-hybridized carbons (Fsp3) is 0.167. The highest BCUT2D eigenvalue weighted by Gasteiger charge is 2.32. The molecule has 1 N–H and O–H groups in total. The molecule has 0 spiro atoms. The van der Waals surface area contributed by atoms with Crippen molar-refractivity contribution in [3.63, 3.8) is 0 Å². The number of allylic oxidation sites excluding steroid dienone is 5. The molecule has 2 rings (SSSR count). The molecule has 0 aromatic heterocycles. The summed E-state index contributed by atoms with van der Waals surface area (Å²) in [6.45, 7) is 6.93. The SMILES string of the molecule is C#C/C(=C\C(=C/C=C)c1cc(F)c(COc2ccc(O)cc2)c(F)c1)C(F)(F)F.CC. The number of halogens is 5. The van der Waals surface area contributed by atoms with E-state index in [9.17, 15) is 27.1 Å². The van der Waals surface area contributed by atoms with Crippen LogP contribution in [0, 0.1) is 24.0 Å². The number of phenolic OH excluding ortho intramolecular Hbond substituents is 1. The Morgan fingerprint density at radius 3 is 2.13 bits per heavy atom. The van der Waals surface area contributed by atoms with Crippen LogP contribution in [0.25, 0.3) is 5.57 Å². The van der Waals surface area contributed by atoms with Crippen molar-refractivity contribution in [1.82, 2.24) is 0 Å². The second kappa shape index (κ2) is 11.6. The van der Waals surface area contributed by atoms with E-state index in [2.05, 4.69) is 6.58 Å². The molecule has 0 unspecified atom stereocenters. The molecule has 0 aliphatic carbocycles. The zero-order valence-electron chi connectivity index (χ0n) is 16.9. The lowest BCUT2D eigenvalue weighted by atomic mass is 10.00. The first-order chi connectivity index (χ1) is 14.7. The summed E-state index contributed by atoms with van der Waals surface area (Å²) in [6, 6.07) is 7.27. The lowest BCUT2D eigenvalue weighted by Crippen LogP contribution is -2.10. The van der Waals surface area contributed by atoms with Gasteiger partial charge in [-0.15, -0.1) is 6.42 Å². The second-order valence-corrected chi connectivity index (χ2v) is 5.76. The van der Waals surface area contributed by atoms with Crippen LogP contribution in [0.3, 0.4) is 0 Å². The first kappa shape index (κ1) is 25.5. The van der Waals surface area contributed by atoms with Crippen LogP contribution in [-0.4, -0.2) is 11.3 Å². The standard InChI is InChI=1S/C22H15F5O2.C2H6/c1-3-5-14(10-16(4-2)22(25,26)27)15-11-20(23)19(21(24)12-15)13-29-18-8-6-17(28)7-9-18;1-2/h2-3,5-12,28H,1,13H2;1-2H3/b14-5+,16-10+;. The highest BCUT2D eigenvalue weighted by molar-refractivity contribution is 5.77. The Morgan fingerprint density at radius 1 is 1.13 bits per heavy atom. The third kappa shape index (κ3) is 7.34. The maximum Gasteiger partial charge on any atom is 0.424 e. The predicted molar refractivity (Wildman–Crippen MR) is 111 cm³/mol. The average molecular weight is 436 g/mol. The number of benzene rings is 2. The van der Waals surface area contributed by atoms with Crippen molar-refractivity contribution in [1.29, 1.82) is 0 Å². The van der Waals surface area contributed by atoms with Gasteiger partial charge in [0.15, 0.2) is 0 Å². The van der Waals surface area contributed by atoms with Gasteiger partial charge in [-0.3, -0.25) is 0 Å². The molecular weight excluding hydrogens is 415 g/mol. The molecule has 0 atom stereocenters. The normalized spacial score (nSPS) is 11.8. The Bertz CT molecular complexity index is 971. The van der Waals surface area contributed by atoms with E-state index in [0.29, 0.717) is 6.08 Å². The molecule has 2 aromatic carbocycles. The number of terminal acetylenes is 1. The topological polar surface area (TPSA) is 29.5 Å². The van der Waals surface area contributed by atoms with E-state index in [0.717, 1.165) is 18.2 Å². The van der Waals surface area contributed by atoms with E-state index in [1.54, 1.807) is 0 Å². The highest BCUT2D eigenvalue weighted by atomic mass is 19.4. The number of hydrogen-bond acceptors (Lipinski definition) is 2. The van der Waals surface area contributed by atoms with Crippen molar-refractivity contribution in [2.75, 3.05) is 0 Å². The van der Waals surface area contributed by atoms with Crippen LogP contribution in [0.1, 0.15) is 25.0 Å². The van der Waals surface area contributed by atoms with Crippen LogP contribution < -0.4 is 4.74 Å². The Labute approximate surface area is 178 Å². The summed E-state index contributed by atoms with van der Waals surface area (Å²) in [5, 5.41) is 9.21. The van der Waals surface area contributed by atoms with Gasteiger partial charge in [-0.25, -0.2) is 8.78 Å². The molecule has 0 saturated heterocycles. The van der Waals surface area contributed by atoms with E-state index in [1.165, 1.54) is 36.3 Å².